The van der Waals surface area contributed by atoms with Crippen molar-refractivity contribution in [2.24, 2.45) is 0 Å². The van der Waals surface area contributed by atoms with Crippen molar-refractivity contribution in [3.05, 3.63) is 33.9 Å². The quantitative estimate of drug-likeness (QED) is 0.809. The highest BCUT2D eigenvalue weighted by Crippen LogP contribution is 2.26. The lowest BCUT2D eigenvalue weighted by Gasteiger charge is -2.04. The molecule has 1 aromatic heterocycles. The molecule has 106 valence electrons. The minimum atomic E-state index is -0.529. The number of carbonyl (C=O) groups is 1. The summed E-state index contributed by atoms with van der Waals surface area (Å²) in [4.78, 5) is 16.3. The van der Waals surface area contributed by atoms with Crippen LogP contribution in [0.25, 0.3) is 0 Å². The Balaban J connectivity index is 2.19. The third-order valence-corrected chi connectivity index (χ3v) is 3.55. The first-order chi connectivity index (χ1) is 9.49. The van der Waals surface area contributed by atoms with Crippen LogP contribution < -0.4 is 16.4 Å². The fourth-order valence-corrected chi connectivity index (χ4v) is 2.60. The number of thiazole rings is 1. The third kappa shape index (κ3) is 3.37. The monoisotopic (exact) mass is 314 g/mol. The average Bonchev–Trinajstić information content (AvgIpc) is 2.69. The van der Waals surface area contributed by atoms with E-state index in [4.69, 9.17) is 17.3 Å². The van der Waals surface area contributed by atoms with Crippen molar-refractivity contribution in [1.29, 1.82) is 0 Å². The van der Waals surface area contributed by atoms with Gasteiger partial charge in [-0.2, -0.15) is 0 Å². The summed E-state index contributed by atoms with van der Waals surface area (Å²) in [6.45, 7) is 2.58. The lowest BCUT2D eigenvalue weighted by atomic mass is 10.3. The molecule has 0 spiro atoms. The summed E-state index contributed by atoms with van der Waals surface area (Å²) in [5, 5.41) is 6.27. The maximum absolute atomic E-state index is 13.2. The minimum absolute atomic E-state index is 0.131. The molecule has 0 aliphatic carbocycles. The van der Waals surface area contributed by atoms with E-state index in [2.05, 4.69) is 15.6 Å². The Kier molecular flexibility index (Phi) is 4.41. The molecule has 0 radical (unpaired) electrons. The van der Waals surface area contributed by atoms with Gasteiger partial charge in [0.1, 0.15) is 16.5 Å². The molecule has 2 aromatic rings. The second-order valence-electron chi connectivity index (χ2n) is 3.88. The number of anilines is 3. The van der Waals surface area contributed by atoms with E-state index < -0.39 is 11.7 Å². The number of carbonyl (C=O) groups excluding carboxylic acids is 1. The van der Waals surface area contributed by atoms with E-state index in [-0.39, 0.29) is 21.4 Å². The number of aromatic nitrogens is 1. The lowest BCUT2D eigenvalue weighted by molar-refractivity contribution is 0.103. The van der Waals surface area contributed by atoms with Gasteiger partial charge in [-0.3, -0.25) is 4.79 Å². The number of hydrogen-bond acceptors (Lipinski definition) is 5. The van der Waals surface area contributed by atoms with Crippen molar-refractivity contribution in [2.75, 3.05) is 22.9 Å². The smallest absolute Gasteiger partial charge is 0.269 e. The zero-order valence-electron chi connectivity index (χ0n) is 10.5. The van der Waals surface area contributed by atoms with Crippen LogP contribution in [0.1, 0.15) is 16.6 Å². The zero-order valence-corrected chi connectivity index (χ0v) is 12.1. The second-order valence-corrected chi connectivity index (χ2v) is 5.31. The van der Waals surface area contributed by atoms with E-state index in [1.54, 1.807) is 0 Å². The van der Waals surface area contributed by atoms with Gasteiger partial charge >= 0.3 is 0 Å². The molecular weight excluding hydrogens is 303 g/mol. The van der Waals surface area contributed by atoms with Gasteiger partial charge in [-0.05, 0) is 25.1 Å². The second kappa shape index (κ2) is 6.06. The Morgan fingerprint density at radius 2 is 2.25 bits per heavy atom. The first kappa shape index (κ1) is 14.5. The Labute approximate surface area is 124 Å². The third-order valence-electron chi connectivity index (χ3n) is 2.31. The maximum atomic E-state index is 13.2. The molecule has 8 heteroatoms. The zero-order chi connectivity index (χ0) is 14.7. The first-order valence-corrected chi connectivity index (χ1v) is 6.96. The molecule has 1 amide bonds. The molecule has 1 heterocycles. The highest BCUT2D eigenvalue weighted by Gasteiger charge is 2.16. The average molecular weight is 315 g/mol. The normalized spacial score (nSPS) is 10.3. The number of halogens is 2. The van der Waals surface area contributed by atoms with Crippen LogP contribution in [0, 0.1) is 5.82 Å². The van der Waals surface area contributed by atoms with Crippen LogP contribution >= 0.6 is 22.9 Å². The van der Waals surface area contributed by atoms with Crippen LogP contribution in [-0.2, 0) is 0 Å². The van der Waals surface area contributed by atoms with Crippen LogP contribution in [0.5, 0.6) is 0 Å². The Hall–Kier alpha value is -1.86. The molecule has 2 rings (SSSR count). The number of benzene rings is 1. The number of nitrogens with zero attached hydrogens (tertiary/aromatic N) is 1. The number of amides is 1. The highest BCUT2D eigenvalue weighted by atomic mass is 35.5. The Bertz CT molecular complexity index is 626. The molecule has 0 saturated carbocycles. The molecule has 0 saturated heterocycles. The summed E-state index contributed by atoms with van der Waals surface area (Å²) in [5.41, 5.74) is 5.95. The van der Waals surface area contributed by atoms with E-state index in [0.717, 1.165) is 17.4 Å². The van der Waals surface area contributed by atoms with Crippen molar-refractivity contribution < 1.29 is 9.18 Å². The number of nitrogens with one attached hydrogen (secondary N) is 2. The fraction of sp³-hybridized carbons (Fsp3) is 0.167. The van der Waals surface area contributed by atoms with Crippen molar-refractivity contribution >= 4 is 45.5 Å². The van der Waals surface area contributed by atoms with Gasteiger partial charge in [0.05, 0.1) is 0 Å². The summed E-state index contributed by atoms with van der Waals surface area (Å²) in [6, 6.07) is 3.78. The number of rotatable bonds is 4. The predicted molar refractivity (Wildman–Crippen MR) is 80.1 cm³/mol. The maximum Gasteiger partial charge on any atom is 0.269 e. The first-order valence-electron chi connectivity index (χ1n) is 5.77. The van der Waals surface area contributed by atoms with Gasteiger partial charge in [0.25, 0.3) is 5.91 Å². The molecule has 0 aliphatic rings. The molecule has 0 fully saturated rings. The van der Waals surface area contributed by atoms with Gasteiger partial charge in [-0.15, -0.1) is 0 Å². The van der Waals surface area contributed by atoms with Gasteiger partial charge in [0.2, 0.25) is 0 Å². The Morgan fingerprint density at radius 3 is 2.90 bits per heavy atom. The van der Waals surface area contributed by atoms with Crippen LogP contribution in [0.4, 0.5) is 21.0 Å². The van der Waals surface area contributed by atoms with Gasteiger partial charge in [0.15, 0.2) is 5.13 Å². The molecule has 0 unspecified atom stereocenters. The summed E-state index contributed by atoms with van der Waals surface area (Å²) < 4.78 is 13.2. The fourth-order valence-electron chi connectivity index (χ4n) is 1.54. The van der Waals surface area contributed by atoms with Gasteiger partial charge < -0.3 is 16.4 Å². The van der Waals surface area contributed by atoms with Crippen LogP contribution in [0.15, 0.2) is 18.2 Å². The van der Waals surface area contributed by atoms with E-state index in [1.807, 2.05) is 6.92 Å². The van der Waals surface area contributed by atoms with Gasteiger partial charge in [0, 0.05) is 17.3 Å². The highest BCUT2D eigenvalue weighted by molar-refractivity contribution is 7.18. The molecule has 0 atom stereocenters. The molecule has 1 aromatic carbocycles. The van der Waals surface area contributed by atoms with Crippen molar-refractivity contribution in [3.8, 4) is 0 Å². The molecular formula is C12H12ClFN4OS. The SMILES string of the molecule is CCNc1nc(N)c(C(=O)Nc2cc(F)cc(Cl)c2)s1. The van der Waals surface area contributed by atoms with Crippen molar-refractivity contribution in [3.63, 3.8) is 0 Å². The summed E-state index contributed by atoms with van der Waals surface area (Å²) in [6.07, 6.45) is 0. The molecule has 5 nitrogen and oxygen atoms in total. The topological polar surface area (TPSA) is 80.0 Å². The minimum Gasteiger partial charge on any atom is -0.382 e. The van der Waals surface area contributed by atoms with E-state index in [0.29, 0.717) is 11.7 Å². The molecule has 0 bridgehead atoms. The summed E-state index contributed by atoms with van der Waals surface area (Å²) in [5.74, 6) is -0.852. The van der Waals surface area contributed by atoms with Crippen LogP contribution in [0.3, 0.4) is 0 Å². The Morgan fingerprint density at radius 1 is 1.50 bits per heavy atom. The van der Waals surface area contributed by atoms with Gasteiger partial charge in [-0.1, -0.05) is 22.9 Å². The number of nitrogens with two attached hydrogens (primary N) is 1. The lowest BCUT2D eigenvalue weighted by Crippen LogP contribution is -2.12. The largest absolute Gasteiger partial charge is 0.382 e. The predicted octanol–water partition coefficient (Wildman–Crippen LogP) is 3.20. The number of nitrogen functional groups attached to an aromatic ring is 1. The molecule has 4 N–H and O–H groups in total. The van der Waals surface area contributed by atoms with Crippen molar-refractivity contribution in [2.45, 2.75) is 6.92 Å². The standard InChI is InChI=1S/C12H12ClFN4OS/c1-2-16-12-18-10(15)9(20-12)11(19)17-8-4-6(13)3-7(14)5-8/h3-5H,2,15H2,1H3,(H,16,18)(H,17,19). The summed E-state index contributed by atoms with van der Waals surface area (Å²) >= 11 is 6.85. The van der Waals surface area contributed by atoms with Gasteiger partial charge in [-0.25, -0.2) is 9.37 Å². The number of hydrogen-bond donors (Lipinski definition) is 3. The van der Waals surface area contributed by atoms with Crippen LogP contribution in [-0.4, -0.2) is 17.4 Å². The van der Waals surface area contributed by atoms with E-state index in [9.17, 15) is 9.18 Å². The van der Waals surface area contributed by atoms with E-state index in [1.165, 1.54) is 12.1 Å². The van der Waals surface area contributed by atoms with Crippen molar-refractivity contribution in [1.82, 2.24) is 4.98 Å². The summed E-state index contributed by atoms with van der Waals surface area (Å²) in [7, 11) is 0. The molecule has 0 aliphatic heterocycles. The van der Waals surface area contributed by atoms with E-state index >= 15 is 0 Å². The molecule has 20 heavy (non-hydrogen) atoms. The van der Waals surface area contributed by atoms with Crippen LogP contribution in [0.2, 0.25) is 5.02 Å².